The molecule has 0 heterocycles. The average Bonchev–Trinajstić information content (AvgIpc) is 1.65. The molecule has 0 aromatic carbocycles. The first-order valence-electron chi connectivity index (χ1n) is 1.32. The van der Waals surface area contributed by atoms with E-state index in [2.05, 4.69) is 2.69 Å². The predicted molar refractivity (Wildman–Crippen MR) is 19.5 cm³/mol. The first kappa shape index (κ1) is 6.86. The van der Waals surface area contributed by atoms with Crippen molar-refractivity contribution in [2.45, 2.75) is 0 Å². The first-order valence-corrected chi connectivity index (χ1v) is 3.15. The Bertz CT molecular complexity index is 97.9. The minimum atomic E-state index is -1.53. The van der Waals surface area contributed by atoms with Crippen molar-refractivity contribution in [2.75, 3.05) is 0 Å². The summed E-state index contributed by atoms with van der Waals surface area (Å²) < 4.78 is 3.94. The van der Waals surface area contributed by atoms with E-state index < -0.39 is 11.9 Å². The second kappa shape index (κ2) is 2.94. The summed E-state index contributed by atoms with van der Waals surface area (Å²) >= 11 is -0.0337. The number of aliphatic carboxylic acids is 1. The number of carbonyl (C=O) groups is 2. The summed E-state index contributed by atoms with van der Waals surface area (Å²) in [4.78, 5) is 19.2. The van der Waals surface area contributed by atoms with Crippen molar-refractivity contribution in [2.24, 2.45) is 0 Å². The van der Waals surface area contributed by atoms with Crippen LogP contribution in [0.3, 0.4) is 0 Å². The molecule has 0 aliphatic carbocycles. The molecule has 4 nitrogen and oxygen atoms in total. The molecule has 0 aliphatic rings. The Morgan fingerprint density at radius 1 is 1.57 bits per heavy atom. The molecule has 0 radical (unpaired) electrons. The van der Waals surface area contributed by atoms with Crippen molar-refractivity contribution in [3.8, 4) is 0 Å². The third-order valence-electron chi connectivity index (χ3n) is 0.282. The molecule has 0 saturated heterocycles. The van der Waals surface area contributed by atoms with E-state index in [4.69, 9.17) is 5.11 Å². The molecule has 0 atom stereocenters. The van der Waals surface area contributed by atoms with Gasteiger partial charge in [0.15, 0.2) is 0 Å². The fourth-order valence-electron chi connectivity index (χ4n) is 0.0504. The number of rotatable bonds is 0. The fourth-order valence-corrected chi connectivity index (χ4v) is 0.442. The monoisotopic (exact) mass is 294 g/mol. The Morgan fingerprint density at radius 3 is 2.00 bits per heavy atom. The maximum absolute atomic E-state index is 9.73. The molecule has 0 aromatic rings. The van der Waals surface area contributed by atoms with E-state index in [0.29, 0.717) is 0 Å². The molecule has 0 saturated carbocycles. The average molecular weight is 293 g/mol. The Balaban J connectivity index is 3.58. The van der Waals surface area contributed by atoms with Gasteiger partial charge in [-0.3, -0.25) is 0 Å². The second-order valence-corrected chi connectivity index (χ2v) is 1.63. The summed E-state index contributed by atoms with van der Waals surface area (Å²) in [5.41, 5.74) is 0. The van der Waals surface area contributed by atoms with Crippen LogP contribution in [0, 0.1) is 0 Å². The summed E-state index contributed by atoms with van der Waals surface area (Å²) in [7, 11) is 0. The maximum atomic E-state index is 9.73. The van der Waals surface area contributed by atoms with Gasteiger partial charge in [0, 0.05) is 0 Å². The number of carboxylic acid groups (broad SMARTS) is 1. The minimum absolute atomic E-state index is 0.0337. The van der Waals surface area contributed by atoms with Crippen LogP contribution < -0.4 is 0 Å². The molecule has 5 heteroatoms. The van der Waals surface area contributed by atoms with Crippen molar-refractivity contribution in [1.82, 2.24) is 0 Å². The van der Waals surface area contributed by atoms with E-state index in [-0.39, 0.29) is 26.2 Å². The van der Waals surface area contributed by atoms with Gasteiger partial charge in [-0.1, -0.05) is 0 Å². The molecule has 0 aromatic heterocycles. The topological polar surface area (TPSA) is 63.6 Å². The predicted octanol–water partition coefficient (Wildman–Crippen LogP) is -1.30. The number of hydrogen-bond donors (Lipinski definition) is 1. The molecule has 0 spiro atoms. The van der Waals surface area contributed by atoms with Crippen LogP contribution in [-0.4, -0.2) is 43.3 Å². The van der Waals surface area contributed by atoms with Gasteiger partial charge in [0.2, 0.25) is 0 Å². The quantitative estimate of drug-likeness (QED) is 0.445. The van der Waals surface area contributed by atoms with Crippen molar-refractivity contribution in [3.05, 3.63) is 0 Å². The van der Waals surface area contributed by atoms with Gasteiger partial charge in [0.05, 0.1) is 0 Å². The Hall–Kier alpha value is -0.138. The summed E-state index contributed by atoms with van der Waals surface area (Å²) in [6.45, 7) is 0. The van der Waals surface area contributed by atoms with Crippen LogP contribution in [0.2, 0.25) is 0 Å². The summed E-state index contributed by atoms with van der Waals surface area (Å²) in [5, 5.41) is 7.73. The summed E-state index contributed by atoms with van der Waals surface area (Å²) in [6.07, 6.45) is 0. The first-order chi connectivity index (χ1) is 3.18. The van der Waals surface area contributed by atoms with E-state index in [1.807, 2.05) is 0 Å². The van der Waals surface area contributed by atoms with Gasteiger partial charge < -0.3 is 0 Å². The molecule has 1 N–H and O–H groups in total. The van der Waals surface area contributed by atoms with Gasteiger partial charge in [0.25, 0.3) is 0 Å². The molecule has 0 bridgehead atoms. The van der Waals surface area contributed by atoms with E-state index in [0.717, 1.165) is 0 Å². The van der Waals surface area contributed by atoms with E-state index >= 15 is 0 Å². The standard InChI is InChI=1S/C2H2O4.Tl/c3-1(4)2(5)6;/h(H,3,4)(H,5,6);/q;+1/p-1. The number of carbonyl (C=O) groups excluding carboxylic acids is 1. The third-order valence-corrected chi connectivity index (χ3v) is 1.11. The molecular weight excluding hydrogens is 292 g/mol. The molecule has 0 aliphatic heterocycles. The van der Waals surface area contributed by atoms with Crippen molar-refractivity contribution >= 4 is 38.2 Å². The molecule has 0 rings (SSSR count). The zero-order valence-electron chi connectivity index (χ0n) is 3.25. The summed E-state index contributed by atoms with van der Waals surface area (Å²) in [5.74, 6) is -2.69. The van der Waals surface area contributed by atoms with E-state index in [1.54, 1.807) is 0 Å². The van der Waals surface area contributed by atoms with Gasteiger partial charge in [-0.25, -0.2) is 0 Å². The van der Waals surface area contributed by atoms with Crippen LogP contribution in [0.25, 0.3) is 0 Å². The van der Waals surface area contributed by atoms with Crippen LogP contribution in [-0.2, 0) is 12.3 Å². The Kier molecular flexibility index (Phi) is 2.88. The van der Waals surface area contributed by atoms with Crippen molar-refractivity contribution in [3.63, 3.8) is 0 Å². The molecule has 36 valence electrons. The van der Waals surface area contributed by atoms with Crippen molar-refractivity contribution < 1.29 is 17.4 Å². The van der Waals surface area contributed by atoms with Crippen LogP contribution in [0.1, 0.15) is 0 Å². The van der Waals surface area contributed by atoms with Gasteiger partial charge in [-0.2, -0.15) is 0 Å². The van der Waals surface area contributed by atoms with Gasteiger partial charge in [-0.15, -0.1) is 0 Å². The van der Waals surface area contributed by atoms with Gasteiger partial charge >= 0.3 is 55.5 Å². The SMILES string of the molecule is O=C(O)C(=O)[O][Tl]. The molecular formula is C2HO4Tl. The zero-order chi connectivity index (χ0) is 5.86. The fraction of sp³-hybridized carbons (Fsp3) is 0. The van der Waals surface area contributed by atoms with Gasteiger partial charge in [-0.05, 0) is 0 Å². The third kappa shape index (κ3) is 2.54. The van der Waals surface area contributed by atoms with Crippen LogP contribution >= 0.6 is 0 Å². The van der Waals surface area contributed by atoms with Crippen LogP contribution in [0.4, 0.5) is 0 Å². The van der Waals surface area contributed by atoms with E-state index in [1.165, 1.54) is 0 Å². The van der Waals surface area contributed by atoms with Crippen LogP contribution in [0.15, 0.2) is 0 Å². The molecule has 7 heavy (non-hydrogen) atoms. The normalized spacial score (nSPS) is 7.29. The number of carboxylic acids is 1. The Labute approximate surface area is 55.8 Å². The molecule has 0 unspecified atom stereocenters. The second-order valence-electron chi connectivity index (χ2n) is 0.710. The van der Waals surface area contributed by atoms with Gasteiger partial charge in [0.1, 0.15) is 0 Å². The molecule has 0 fully saturated rings. The van der Waals surface area contributed by atoms with E-state index in [9.17, 15) is 9.59 Å². The Morgan fingerprint density at radius 2 is 2.00 bits per heavy atom. The summed E-state index contributed by atoms with van der Waals surface area (Å²) in [6, 6.07) is 0. The van der Waals surface area contributed by atoms with Crippen LogP contribution in [0.5, 0.6) is 0 Å². The molecule has 0 amide bonds. The zero-order valence-corrected chi connectivity index (χ0v) is 7.74. The van der Waals surface area contributed by atoms with Crippen molar-refractivity contribution in [1.29, 1.82) is 0 Å². The number of hydrogen-bond acceptors (Lipinski definition) is 3.